The lowest BCUT2D eigenvalue weighted by molar-refractivity contribution is 0.106. The summed E-state index contributed by atoms with van der Waals surface area (Å²) in [5.74, 6) is -0.705. The fourth-order valence-electron chi connectivity index (χ4n) is 1.91. The van der Waals surface area contributed by atoms with Crippen molar-refractivity contribution in [2.45, 2.75) is 12.4 Å². The molecule has 0 aliphatic rings. The highest BCUT2D eigenvalue weighted by Crippen LogP contribution is 2.20. The first-order chi connectivity index (χ1) is 13.4. The molecule has 2 rings (SSSR count). The summed E-state index contributed by atoms with van der Waals surface area (Å²) in [5.41, 5.74) is 0.608. The molecule has 2 aromatic heterocycles. The summed E-state index contributed by atoms with van der Waals surface area (Å²) in [6.45, 7) is -0.636. The fraction of sp³-hybridized carbons (Fsp3) is 0.429. The van der Waals surface area contributed by atoms with Gasteiger partial charge in [0.1, 0.15) is 12.4 Å². The Hall–Kier alpha value is -2.58. The number of nitrogens with one attached hydrogen (secondary N) is 2. The normalized spacial score (nSPS) is 11.1. The summed E-state index contributed by atoms with van der Waals surface area (Å²) in [6, 6.07) is 0.363. The second-order valence-corrected chi connectivity index (χ2v) is 7.78. The smallest absolute Gasteiger partial charge is 0.335 e. The van der Waals surface area contributed by atoms with Crippen molar-refractivity contribution in [1.29, 1.82) is 0 Å². The topological polar surface area (TPSA) is 142 Å². The van der Waals surface area contributed by atoms with Crippen LogP contribution in [0.4, 0.5) is 15.1 Å². The van der Waals surface area contributed by atoms with Crippen molar-refractivity contribution in [3.05, 3.63) is 21.9 Å². The van der Waals surface area contributed by atoms with Gasteiger partial charge in [-0.25, -0.2) is 22.3 Å². The summed E-state index contributed by atoms with van der Waals surface area (Å²) in [6.07, 6.45) is 0. The number of amides is 2. The van der Waals surface area contributed by atoms with Crippen LogP contribution < -0.4 is 19.5 Å². The molecule has 0 fully saturated rings. The Morgan fingerprint density at radius 2 is 1.89 bits per heavy atom. The monoisotopic (exact) mass is 435 g/mol. The molecule has 2 N–H and O–H groups in total. The number of nitrogens with zero attached hydrogens (tertiary/aromatic N) is 3. The van der Waals surface area contributed by atoms with Crippen LogP contribution in [0.25, 0.3) is 0 Å². The summed E-state index contributed by atoms with van der Waals surface area (Å²) < 4.78 is 53.2. The third-order valence-corrected chi connectivity index (χ3v) is 5.38. The highest BCUT2D eigenvalue weighted by molar-refractivity contribution is 7.89. The molecule has 0 aromatic carbocycles. The lowest BCUT2D eigenvalue weighted by Gasteiger charge is -2.09. The van der Waals surface area contributed by atoms with Gasteiger partial charge in [-0.2, -0.15) is 9.97 Å². The molecule has 11 nitrogen and oxygen atoms in total. The molecule has 28 heavy (non-hydrogen) atoms. The van der Waals surface area contributed by atoms with E-state index in [4.69, 9.17) is 14.2 Å². The van der Waals surface area contributed by atoms with Crippen LogP contribution in [0.2, 0.25) is 0 Å². The van der Waals surface area contributed by atoms with Crippen molar-refractivity contribution in [1.82, 2.24) is 19.7 Å². The van der Waals surface area contributed by atoms with Crippen LogP contribution in [0.15, 0.2) is 11.4 Å². The molecule has 0 aliphatic carbocycles. The van der Waals surface area contributed by atoms with Gasteiger partial charge < -0.3 is 14.2 Å². The predicted molar refractivity (Wildman–Crippen MR) is 97.7 cm³/mol. The van der Waals surface area contributed by atoms with Gasteiger partial charge in [0.2, 0.25) is 16.0 Å². The van der Waals surface area contributed by atoms with Gasteiger partial charge in [-0.15, -0.1) is 16.3 Å². The van der Waals surface area contributed by atoms with Crippen LogP contribution in [0.5, 0.6) is 12.0 Å². The first-order valence-electron chi connectivity index (χ1n) is 7.71. The Kier molecular flexibility index (Phi) is 7.83. The van der Waals surface area contributed by atoms with E-state index in [1.54, 1.807) is 11.4 Å². The van der Waals surface area contributed by atoms with Gasteiger partial charge in [-0.05, 0) is 17.0 Å². The standard InChI is InChI=1S/C14H18FN5O6S2/c1-24-13-17-11(18-14(19-13)25-2)16-12(21)20-28(22,23)8-10-9(3-6-27-10)7-26-5-4-15/h3,6H,4-5,7-8H2,1-2H3,(H2,16,17,18,19,20,21). The molecule has 0 radical (unpaired) electrons. The van der Waals surface area contributed by atoms with Crippen molar-refractivity contribution in [2.75, 3.05) is 32.8 Å². The minimum Gasteiger partial charge on any atom is -0.467 e. The number of methoxy groups -OCH3 is 2. The number of sulfonamides is 1. The number of aromatic nitrogens is 3. The largest absolute Gasteiger partial charge is 0.467 e. The third kappa shape index (κ3) is 6.54. The van der Waals surface area contributed by atoms with Gasteiger partial charge in [0.25, 0.3) is 0 Å². The molecule has 2 heterocycles. The number of hydrogen-bond donors (Lipinski definition) is 2. The minimum absolute atomic E-state index is 0.0783. The van der Waals surface area contributed by atoms with Crippen LogP contribution in [-0.4, -0.2) is 56.9 Å². The van der Waals surface area contributed by atoms with Crippen molar-refractivity contribution in [2.24, 2.45) is 0 Å². The van der Waals surface area contributed by atoms with Crippen LogP contribution in [0.1, 0.15) is 10.4 Å². The van der Waals surface area contributed by atoms with E-state index in [1.807, 2.05) is 4.72 Å². The summed E-state index contributed by atoms with van der Waals surface area (Å²) in [7, 11) is -1.41. The molecule has 0 saturated carbocycles. The zero-order valence-electron chi connectivity index (χ0n) is 15.0. The molecule has 154 valence electrons. The highest BCUT2D eigenvalue weighted by atomic mass is 32.2. The molecule has 2 amide bonds. The molecule has 0 aliphatic heterocycles. The fourth-order valence-corrected chi connectivity index (χ4v) is 4.26. The quantitative estimate of drug-likeness (QED) is 0.524. The van der Waals surface area contributed by atoms with E-state index >= 15 is 0 Å². The highest BCUT2D eigenvalue weighted by Gasteiger charge is 2.20. The van der Waals surface area contributed by atoms with E-state index in [-0.39, 0.29) is 31.2 Å². The second-order valence-electron chi connectivity index (χ2n) is 5.06. The lowest BCUT2D eigenvalue weighted by atomic mass is 10.3. The van der Waals surface area contributed by atoms with E-state index < -0.39 is 28.5 Å². The van der Waals surface area contributed by atoms with Crippen molar-refractivity contribution < 1.29 is 31.8 Å². The summed E-state index contributed by atoms with van der Waals surface area (Å²) >= 11 is 1.18. The molecule has 14 heteroatoms. The number of rotatable bonds is 10. The van der Waals surface area contributed by atoms with E-state index in [2.05, 4.69) is 20.3 Å². The van der Waals surface area contributed by atoms with Gasteiger partial charge in [0, 0.05) is 4.88 Å². The van der Waals surface area contributed by atoms with E-state index in [0.29, 0.717) is 10.4 Å². The SMILES string of the molecule is COc1nc(NC(=O)NS(=O)(=O)Cc2sccc2COCCF)nc(OC)n1. The van der Waals surface area contributed by atoms with Gasteiger partial charge >= 0.3 is 18.1 Å². The number of thiophene rings is 1. The van der Waals surface area contributed by atoms with Crippen molar-refractivity contribution >= 4 is 33.3 Å². The number of halogens is 1. The summed E-state index contributed by atoms with van der Waals surface area (Å²) in [4.78, 5) is 23.8. The predicted octanol–water partition coefficient (Wildman–Crippen LogP) is 1.09. The molecule has 0 saturated heterocycles. The molecule has 0 bridgehead atoms. The number of carbonyl (C=O) groups is 1. The number of carbonyl (C=O) groups excluding carboxylic acids is 1. The number of anilines is 1. The Balaban J connectivity index is 2.01. The Morgan fingerprint density at radius 1 is 1.21 bits per heavy atom. The third-order valence-electron chi connectivity index (χ3n) is 3.07. The van der Waals surface area contributed by atoms with E-state index in [1.165, 1.54) is 25.6 Å². The molecule has 0 atom stereocenters. The average molecular weight is 435 g/mol. The maximum absolute atomic E-state index is 12.3. The molecule has 0 unspecified atom stereocenters. The van der Waals surface area contributed by atoms with E-state index in [0.717, 1.165) is 0 Å². The van der Waals surface area contributed by atoms with Gasteiger partial charge in [0.05, 0.1) is 27.4 Å². The van der Waals surface area contributed by atoms with Crippen molar-refractivity contribution in [3.63, 3.8) is 0 Å². The number of hydrogen-bond acceptors (Lipinski definition) is 10. The molecule has 0 spiro atoms. The zero-order chi connectivity index (χ0) is 20.6. The Morgan fingerprint density at radius 3 is 2.50 bits per heavy atom. The minimum atomic E-state index is -4.02. The van der Waals surface area contributed by atoms with Crippen LogP contribution in [0.3, 0.4) is 0 Å². The maximum atomic E-state index is 12.3. The first-order valence-corrected chi connectivity index (χ1v) is 10.2. The van der Waals surface area contributed by atoms with Gasteiger partial charge in [-0.1, -0.05) is 0 Å². The van der Waals surface area contributed by atoms with Gasteiger partial charge in [0.15, 0.2) is 0 Å². The molecular formula is C14H18FN5O6S2. The van der Waals surface area contributed by atoms with Gasteiger partial charge in [-0.3, -0.25) is 5.32 Å². The number of ether oxygens (including phenoxy) is 3. The average Bonchev–Trinajstić information content (AvgIpc) is 3.07. The Labute approximate surface area is 164 Å². The van der Waals surface area contributed by atoms with Crippen molar-refractivity contribution in [3.8, 4) is 12.0 Å². The Bertz CT molecular complexity index is 885. The number of urea groups is 1. The number of alkyl halides is 1. The van der Waals surface area contributed by atoms with Crippen LogP contribution in [-0.2, 0) is 27.1 Å². The molecular weight excluding hydrogens is 417 g/mol. The first kappa shape index (κ1) is 21.7. The maximum Gasteiger partial charge on any atom is 0.335 e. The van der Waals surface area contributed by atoms with E-state index in [9.17, 15) is 17.6 Å². The lowest BCUT2D eigenvalue weighted by Crippen LogP contribution is -2.35. The second kappa shape index (κ2) is 10.1. The molecule has 2 aromatic rings. The zero-order valence-corrected chi connectivity index (χ0v) is 16.6. The van der Waals surface area contributed by atoms with Crippen LogP contribution >= 0.6 is 11.3 Å². The summed E-state index contributed by atoms with van der Waals surface area (Å²) in [5, 5.41) is 3.85. The van der Waals surface area contributed by atoms with Crippen LogP contribution in [0, 0.1) is 0 Å².